The van der Waals surface area contributed by atoms with E-state index in [9.17, 15) is 4.79 Å². The Morgan fingerprint density at radius 2 is 1.76 bits per heavy atom. The molecule has 2 heterocycles. The van der Waals surface area contributed by atoms with Gasteiger partial charge in [0.2, 0.25) is 0 Å². The van der Waals surface area contributed by atoms with Crippen molar-refractivity contribution in [2.45, 2.75) is 78.1 Å². The van der Waals surface area contributed by atoms with Crippen LogP contribution in [0.15, 0.2) is 30.6 Å². The van der Waals surface area contributed by atoms with Crippen molar-refractivity contribution in [3.63, 3.8) is 0 Å². The summed E-state index contributed by atoms with van der Waals surface area (Å²) in [5.41, 5.74) is 2.59. The van der Waals surface area contributed by atoms with Gasteiger partial charge >= 0.3 is 6.09 Å². The third kappa shape index (κ3) is 4.86. The van der Waals surface area contributed by atoms with Crippen LogP contribution < -0.4 is 0 Å². The van der Waals surface area contributed by atoms with Crippen LogP contribution in [0.1, 0.15) is 66.0 Å². The molecule has 0 radical (unpaired) electrons. The van der Waals surface area contributed by atoms with Crippen LogP contribution in [0.3, 0.4) is 0 Å². The standard InChI is InChI=1S/C23H34N4O2/c1-7-18-15-27(22(28)29-23(4,5)6)19(8-2)14-26(18)16(3)17-9-10-20-21(13-17)25-12-11-24-20/h9-13,16,18-19H,7-8,14-15H2,1-6H3/t16?,18-,19+/m1/s1. The van der Waals surface area contributed by atoms with Crippen molar-refractivity contribution in [2.24, 2.45) is 0 Å². The van der Waals surface area contributed by atoms with Gasteiger partial charge in [-0.05, 0) is 58.2 Å². The van der Waals surface area contributed by atoms with E-state index in [0.717, 1.165) is 30.4 Å². The molecule has 6 heteroatoms. The van der Waals surface area contributed by atoms with Gasteiger partial charge in [0, 0.05) is 43.6 Å². The van der Waals surface area contributed by atoms with Gasteiger partial charge in [-0.3, -0.25) is 14.9 Å². The zero-order chi connectivity index (χ0) is 21.2. The lowest BCUT2D eigenvalue weighted by molar-refractivity contribution is -0.0268. The quantitative estimate of drug-likeness (QED) is 0.740. The molecule has 1 fully saturated rings. The van der Waals surface area contributed by atoms with Crippen LogP contribution in [-0.4, -0.2) is 56.6 Å². The van der Waals surface area contributed by atoms with E-state index < -0.39 is 5.60 Å². The predicted octanol–water partition coefficient (Wildman–Crippen LogP) is 4.80. The van der Waals surface area contributed by atoms with Crippen molar-refractivity contribution in [2.75, 3.05) is 13.1 Å². The second-order valence-electron chi connectivity index (χ2n) is 8.93. The molecule has 0 spiro atoms. The maximum Gasteiger partial charge on any atom is 0.410 e. The Bertz CT molecular complexity index is 848. The number of hydrogen-bond donors (Lipinski definition) is 0. The number of carbonyl (C=O) groups excluding carboxylic acids is 1. The maximum absolute atomic E-state index is 12.8. The Hall–Kier alpha value is -2.21. The fourth-order valence-electron chi connectivity index (χ4n) is 4.14. The summed E-state index contributed by atoms with van der Waals surface area (Å²) in [7, 11) is 0. The molecule has 0 N–H and O–H groups in total. The lowest BCUT2D eigenvalue weighted by Crippen LogP contribution is -2.60. The van der Waals surface area contributed by atoms with Gasteiger partial charge in [0.1, 0.15) is 5.60 Å². The van der Waals surface area contributed by atoms with E-state index in [1.165, 1.54) is 5.56 Å². The number of piperazine rings is 1. The molecule has 1 unspecified atom stereocenters. The first-order valence-electron chi connectivity index (χ1n) is 10.7. The molecule has 29 heavy (non-hydrogen) atoms. The van der Waals surface area contributed by atoms with Crippen molar-refractivity contribution in [3.8, 4) is 0 Å². The third-order valence-electron chi connectivity index (χ3n) is 5.78. The zero-order valence-electron chi connectivity index (χ0n) is 18.6. The van der Waals surface area contributed by atoms with E-state index in [-0.39, 0.29) is 24.2 Å². The van der Waals surface area contributed by atoms with Gasteiger partial charge < -0.3 is 9.64 Å². The first-order valence-corrected chi connectivity index (χ1v) is 10.7. The fourth-order valence-corrected chi connectivity index (χ4v) is 4.14. The number of aromatic nitrogens is 2. The molecule has 158 valence electrons. The van der Waals surface area contributed by atoms with Gasteiger partial charge in [0.15, 0.2) is 0 Å². The average Bonchev–Trinajstić information content (AvgIpc) is 2.70. The minimum absolute atomic E-state index is 0.148. The lowest BCUT2D eigenvalue weighted by Gasteiger charge is -2.48. The number of rotatable bonds is 4. The van der Waals surface area contributed by atoms with Gasteiger partial charge in [0.25, 0.3) is 0 Å². The number of carbonyl (C=O) groups is 1. The van der Waals surface area contributed by atoms with E-state index in [1.807, 2.05) is 31.7 Å². The molecular weight excluding hydrogens is 364 g/mol. The highest BCUT2D eigenvalue weighted by Gasteiger charge is 2.38. The normalized spacial score (nSPS) is 21.9. The summed E-state index contributed by atoms with van der Waals surface area (Å²) in [5, 5.41) is 0. The topological polar surface area (TPSA) is 58.6 Å². The number of hydrogen-bond acceptors (Lipinski definition) is 5. The van der Waals surface area contributed by atoms with Gasteiger partial charge in [-0.2, -0.15) is 0 Å². The second-order valence-corrected chi connectivity index (χ2v) is 8.93. The molecular formula is C23H34N4O2. The Labute approximate surface area is 174 Å². The number of fused-ring (bicyclic) bond motifs is 1. The highest BCUT2D eigenvalue weighted by atomic mass is 16.6. The van der Waals surface area contributed by atoms with E-state index in [0.29, 0.717) is 6.54 Å². The largest absolute Gasteiger partial charge is 0.444 e. The smallest absolute Gasteiger partial charge is 0.410 e. The first-order chi connectivity index (χ1) is 13.7. The Morgan fingerprint density at radius 3 is 2.38 bits per heavy atom. The van der Waals surface area contributed by atoms with Crippen molar-refractivity contribution >= 4 is 17.1 Å². The van der Waals surface area contributed by atoms with E-state index in [1.54, 1.807) is 12.4 Å². The number of amides is 1. The molecule has 1 saturated heterocycles. The summed E-state index contributed by atoms with van der Waals surface area (Å²) in [5.74, 6) is 0. The number of nitrogens with zero attached hydrogens (tertiary/aromatic N) is 4. The van der Waals surface area contributed by atoms with Gasteiger partial charge in [0.05, 0.1) is 11.0 Å². The highest BCUT2D eigenvalue weighted by Crippen LogP contribution is 2.31. The molecule has 0 aliphatic carbocycles. The summed E-state index contributed by atoms with van der Waals surface area (Å²) < 4.78 is 5.68. The monoisotopic (exact) mass is 398 g/mol. The molecule has 1 aliphatic heterocycles. The SMILES string of the molecule is CC[C@H]1CN(C(C)c2ccc3nccnc3c2)[C@H](CC)CN1C(=O)OC(C)(C)C. The minimum Gasteiger partial charge on any atom is -0.444 e. The van der Waals surface area contributed by atoms with Crippen LogP contribution in [0.4, 0.5) is 4.79 Å². The van der Waals surface area contributed by atoms with Crippen molar-refractivity contribution in [3.05, 3.63) is 36.2 Å². The summed E-state index contributed by atoms with van der Waals surface area (Å²) in [6, 6.07) is 7.01. The van der Waals surface area contributed by atoms with E-state index in [2.05, 4.69) is 47.8 Å². The van der Waals surface area contributed by atoms with Crippen LogP contribution in [0.5, 0.6) is 0 Å². The fraction of sp³-hybridized carbons (Fsp3) is 0.609. The van der Waals surface area contributed by atoms with Crippen LogP contribution in [-0.2, 0) is 4.74 Å². The van der Waals surface area contributed by atoms with Crippen LogP contribution in [0.25, 0.3) is 11.0 Å². The van der Waals surface area contributed by atoms with Crippen LogP contribution in [0, 0.1) is 0 Å². The van der Waals surface area contributed by atoms with Crippen LogP contribution >= 0.6 is 0 Å². The zero-order valence-corrected chi connectivity index (χ0v) is 18.6. The minimum atomic E-state index is -0.479. The molecule has 1 aliphatic rings. The first kappa shape index (κ1) is 21.5. The Balaban J connectivity index is 1.82. The maximum atomic E-state index is 12.8. The highest BCUT2D eigenvalue weighted by molar-refractivity contribution is 5.74. The molecule has 3 atom stereocenters. The van der Waals surface area contributed by atoms with Gasteiger partial charge in [-0.1, -0.05) is 19.9 Å². The summed E-state index contributed by atoms with van der Waals surface area (Å²) in [6.45, 7) is 13.9. The van der Waals surface area contributed by atoms with Crippen molar-refractivity contribution in [1.29, 1.82) is 0 Å². The van der Waals surface area contributed by atoms with Gasteiger partial charge in [-0.15, -0.1) is 0 Å². The number of benzene rings is 1. The second kappa shape index (κ2) is 8.66. The van der Waals surface area contributed by atoms with E-state index >= 15 is 0 Å². The van der Waals surface area contributed by atoms with Crippen molar-refractivity contribution in [1.82, 2.24) is 19.8 Å². The third-order valence-corrected chi connectivity index (χ3v) is 5.78. The molecule has 2 aromatic rings. The van der Waals surface area contributed by atoms with Crippen molar-refractivity contribution < 1.29 is 9.53 Å². The molecule has 0 saturated carbocycles. The van der Waals surface area contributed by atoms with E-state index in [4.69, 9.17) is 4.74 Å². The lowest BCUT2D eigenvalue weighted by atomic mass is 9.97. The molecule has 6 nitrogen and oxygen atoms in total. The molecule has 1 aromatic heterocycles. The number of ether oxygens (including phenoxy) is 1. The Morgan fingerprint density at radius 1 is 1.10 bits per heavy atom. The summed E-state index contributed by atoms with van der Waals surface area (Å²) in [6.07, 6.45) is 5.14. The predicted molar refractivity (Wildman–Crippen MR) is 116 cm³/mol. The Kier molecular flexibility index (Phi) is 6.42. The molecule has 0 bridgehead atoms. The average molecular weight is 399 g/mol. The summed E-state index contributed by atoms with van der Waals surface area (Å²) >= 11 is 0. The molecule has 3 rings (SSSR count). The molecule has 1 amide bonds. The van der Waals surface area contributed by atoms with Gasteiger partial charge in [-0.25, -0.2) is 4.79 Å². The molecule has 1 aromatic carbocycles. The van der Waals surface area contributed by atoms with Crippen LogP contribution in [0.2, 0.25) is 0 Å². The summed E-state index contributed by atoms with van der Waals surface area (Å²) in [4.78, 5) is 26.1.